The van der Waals surface area contributed by atoms with Crippen molar-refractivity contribution in [1.29, 1.82) is 0 Å². The minimum atomic E-state index is -0.402. The quantitative estimate of drug-likeness (QED) is 0.800. The Bertz CT molecular complexity index is 487. The normalized spacial score (nSPS) is 20.7. The SMILES string of the molecule is CN(C)Cc1ccc(B2OC(C)(C)C(C)(C)O2)c(Cl)c1. The van der Waals surface area contributed by atoms with Crippen LogP contribution in [0.1, 0.15) is 33.3 Å². The second kappa shape index (κ2) is 5.34. The Morgan fingerprint density at radius 3 is 2.10 bits per heavy atom. The predicted molar refractivity (Wildman–Crippen MR) is 84.6 cm³/mol. The van der Waals surface area contributed by atoms with Gasteiger partial charge in [-0.1, -0.05) is 23.7 Å². The maximum Gasteiger partial charge on any atom is 0.496 e. The summed E-state index contributed by atoms with van der Waals surface area (Å²) in [6.07, 6.45) is 0. The van der Waals surface area contributed by atoms with Crippen LogP contribution in [0, 0.1) is 0 Å². The molecule has 1 saturated heterocycles. The Kier molecular flexibility index (Phi) is 4.23. The molecule has 0 radical (unpaired) electrons. The van der Waals surface area contributed by atoms with Crippen molar-refractivity contribution < 1.29 is 9.31 Å². The molecule has 0 N–H and O–H groups in total. The van der Waals surface area contributed by atoms with Crippen molar-refractivity contribution in [1.82, 2.24) is 4.90 Å². The molecule has 5 heteroatoms. The zero-order valence-corrected chi connectivity index (χ0v) is 13.9. The lowest BCUT2D eigenvalue weighted by molar-refractivity contribution is 0.00578. The molecule has 0 spiro atoms. The van der Waals surface area contributed by atoms with E-state index in [9.17, 15) is 0 Å². The molecule has 1 aromatic carbocycles. The molecule has 0 aromatic heterocycles. The first-order chi connectivity index (χ1) is 9.12. The van der Waals surface area contributed by atoms with Gasteiger partial charge in [0.2, 0.25) is 0 Å². The first-order valence-corrected chi connectivity index (χ1v) is 7.29. The summed E-state index contributed by atoms with van der Waals surface area (Å²) in [6.45, 7) is 9.04. The third-order valence-corrected chi connectivity index (χ3v) is 4.40. The molecule has 0 unspecified atom stereocenters. The van der Waals surface area contributed by atoms with Crippen molar-refractivity contribution in [2.45, 2.75) is 45.4 Å². The molecule has 1 fully saturated rings. The van der Waals surface area contributed by atoms with Gasteiger partial charge in [-0.15, -0.1) is 0 Å². The van der Waals surface area contributed by atoms with Gasteiger partial charge < -0.3 is 14.2 Å². The molecule has 0 saturated carbocycles. The van der Waals surface area contributed by atoms with Gasteiger partial charge in [-0.05, 0) is 53.4 Å². The van der Waals surface area contributed by atoms with Gasteiger partial charge in [0.05, 0.1) is 11.2 Å². The summed E-state index contributed by atoms with van der Waals surface area (Å²) in [5, 5.41) is 0.697. The van der Waals surface area contributed by atoms with E-state index in [1.165, 1.54) is 5.56 Å². The molecule has 2 rings (SSSR count). The van der Waals surface area contributed by atoms with Crippen LogP contribution in [0.25, 0.3) is 0 Å². The molecular formula is C15H23BClNO2. The number of rotatable bonds is 3. The second-order valence-electron chi connectivity index (χ2n) is 6.68. The van der Waals surface area contributed by atoms with Crippen LogP contribution in [-0.2, 0) is 15.9 Å². The number of benzene rings is 1. The van der Waals surface area contributed by atoms with Gasteiger partial charge in [0.15, 0.2) is 0 Å². The summed E-state index contributed by atoms with van der Waals surface area (Å²) in [5.41, 5.74) is 1.39. The topological polar surface area (TPSA) is 21.7 Å². The van der Waals surface area contributed by atoms with Crippen LogP contribution in [0.3, 0.4) is 0 Å². The van der Waals surface area contributed by atoms with Crippen LogP contribution in [-0.4, -0.2) is 37.3 Å². The summed E-state index contributed by atoms with van der Waals surface area (Å²) in [6, 6.07) is 6.07. The van der Waals surface area contributed by atoms with E-state index in [4.69, 9.17) is 20.9 Å². The summed E-state index contributed by atoms with van der Waals surface area (Å²) in [5.74, 6) is 0. The molecule has 3 nitrogen and oxygen atoms in total. The van der Waals surface area contributed by atoms with Gasteiger partial charge in [0, 0.05) is 17.0 Å². The summed E-state index contributed by atoms with van der Waals surface area (Å²) in [7, 11) is 3.67. The van der Waals surface area contributed by atoms with Crippen LogP contribution in [0.2, 0.25) is 5.02 Å². The smallest absolute Gasteiger partial charge is 0.399 e. The van der Waals surface area contributed by atoms with Crippen LogP contribution >= 0.6 is 11.6 Å². The number of halogens is 1. The fourth-order valence-corrected chi connectivity index (χ4v) is 2.49. The Hall–Kier alpha value is -0.545. The Balaban J connectivity index is 2.23. The highest BCUT2D eigenvalue weighted by atomic mass is 35.5. The largest absolute Gasteiger partial charge is 0.496 e. The third-order valence-electron chi connectivity index (χ3n) is 4.07. The highest BCUT2D eigenvalue weighted by Crippen LogP contribution is 2.37. The number of hydrogen-bond donors (Lipinski definition) is 0. The summed E-state index contributed by atoms with van der Waals surface area (Å²) >= 11 is 6.40. The molecule has 110 valence electrons. The van der Waals surface area contributed by atoms with Gasteiger partial charge in [-0.2, -0.15) is 0 Å². The maximum atomic E-state index is 6.40. The van der Waals surface area contributed by atoms with Crippen LogP contribution < -0.4 is 5.46 Å². The monoisotopic (exact) mass is 295 g/mol. The Morgan fingerprint density at radius 1 is 1.10 bits per heavy atom. The van der Waals surface area contributed by atoms with E-state index < -0.39 is 7.12 Å². The number of hydrogen-bond acceptors (Lipinski definition) is 3. The van der Waals surface area contributed by atoms with Crippen LogP contribution in [0.5, 0.6) is 0 Å². The highest BCUT2D eigenvalue weighted by molar-refractivity contribution is 6.65. The van der Waals surface area contributed by atoms with Gasteiger partial charge in [0.1, 0.15) is 0 Å². The van der Waals surface area contributed by atoms with E-state index >= 15 is 0 Å². The standard InChI is InChI=1S/C15H23BClNO2/c1-14(2)15(3,4)20-16(19-14)12-8-7-11(9-13(12)17)10-18(5)6/h7-9H,10H2,1-6H3. The lowest BCUT2D eigenvalue weighted by Crippen LogP contribution is -2.41. The first-order valence-electron chi connectivity index (χ1n) is 6.91. The zero-order valence-electron chi connectivity index (χ0n) is 13.2. The fourth-order valence-electron chi connectivity index (χ4n) is 2.20. The van der Waals surface area contributed by atoms with Crippen LogP contribution in [0.4, 0.5) is 0 Å². The van der Waals surface area contributed by atoms with Gasteiger partial charge in [-0.25, -0.2) is 0 Å². The fraction of sp³-hybridized carbons (Fsp3) is 0.600. The van der Waals surface area contributed by atoms with Crippen molar-refractivity contribution in [3.8, 4) is 0 Å². The van der Waals surface area contributed by atoms with Gasteiger partial charge >= 0.3 is 7.12 Å². The Labute approximate surface area is 127 Å². The van der Waals surface area contributed by atoms with E-state index in [1.54, 1.807) is 0 Å². The van der Waals surface area contributed by atoms with Crippen molar-refractivity contribution in [2.24, 2.45) is 0 Å². The lowest BCUT2D eigenvalue weighted by Gasteiger charge is -2.32. The number of nitrogens with zero attached hydrogens (tertiary/aromatic N) is 1. The van der Waals surface area contributed by atoms with E-state index in [0.717, 1.165) is 12.0 Å². The molecule has 1 aliphatic rings. The third kappa shape index (κ3) is 3.04. The average molecular weight is 296 g/mol. The van der Waals surface area contributed by atoms with E-state index in [1.807, 2.05) is 53.9 Å². The van der Waals surface area contributed by atoms with Crippen molar-refractivity contribution in [3.05, 3.63) is 28.8 Å². The van der Waals surface area contributed by atoms with E-state index in [-0.39, 0.29) is 11.2 Å². The van der Waals surface area contributed by atoms with Crippen molar-refractivity contribution in [2.75, 3.05) is 14.1 Å². The first kappa shape index (κ1) is 15.8. The zero-order chi connectivity index (χ0) is 15.1. The Morgan fingerprint density at radius 2 is 1.65 bits per heavy atom. The molecule has 1 aliphatic heterocycles. The molecule has 1 heterocycles. The average Bonchev–Trinajstić information content (AvgIpc) is 2.46. The highest BCUT2D eigenvalue weighted by Gasteiger charge is 2.52. The predicted octanol–water partition coefficient (Wildman–Crippen LogP) is 2.70. The van der Waals surface area contributed by atoms with E-state index in [2.05, 4.69) is 11.0 Å². The lowest BCUT2D eigenvalue weighted by atomic mass is 9.78. The summed E-state index contributed by atoms with van der Waals surface area (Å²) < 4.78 is 12.1. The molecule has 0 amide bonds. The van der Waals surface area contributed by atoms with Crippen molar-refractivity contribution >= 4 is 24.2 Å². The van der Waals surface area contributed by atoms with E-state index in [0.29, 0.717) is 5.02 Å². The molecule has 0 bridgehead atoms. The minimum absolute atomic E-state index is 0.344. The molecule has 1 aromatic rings. The molecule has 20 heavy (non-hydrogen) atoms. The van der Waals surface area contributed by atoms with Crippen molar-refractivity contribution in [3.63, 3.8) is 0 Å². The maximum absolute atomic E-state index is 6.40. The van der Waals surface area contributed by atoms with Gasteiger partial charge in [0.25, 0.3) is 0 Å². The van der Waals surface area contributed by atoms with Gasteiger partial charge in [-0.3, -0.25) is 0 Å². The minimum Gasteiger partial charge on any atom is -0.399 e. The second-order valence-corrected chi connectivity index (χ2v) is 7.09. The van der Waals surface area contributed by atoms with Crippen LogP contribution in [0.15, 0.2) is 18.2 Å². The summed E-state index contributed by atoms with van der Waals surface area (Å²) in [4.78, 5) is 2.11. The molecule has 0 atom stereocenters. The molecule has 0 aliphatic carbocycles. The molecular weight excluding hydrogens is 272 g/mol.